The van der Waals surface area contributed by atoms with Crippen molar-refractivity contribution in [3.63, 3.8) is 0 Å². The fourth-order valence-electron chi connectivity index (χ4n) is 1.21. The fraction of sp³-hybridized carbons (Fsp3) is 0.750. The number of allylic oxidation sites excluding steroid dienone is 2. The quantitative estimate of drug-likeness (QED) is 0.382. The second-order valence-corrected chi connectivity index (χ2v) is 3.73. The number of hydrogen-bond acceptors (Lipinski definition) is 2. The minimum Gasteiger partial charge on any atom is -0.448 e. The average molecular weight is 197 g/mol. The highest BCUT2D eigenvalue weighted by molar-refractivity contribution is 5.78. The number of ether oxygens (including phenoxy) is 1. The van der Waals surface area contributed by atoms with E-state index in [9.17, 15) is 0 Å². The van der Waals surface area contributed by atoms with E-state index in [1.165, 1.54) is 5.57 Å². The van der Waals surface area contributed by atoms with Crippen molar-refractivity contribution in [2.24, 2.45) is 10.9 Å². The molecule has 0 aromatic carbocycles. The molecule has 0 heterocycles. The van der Waals surface area contributed by atoms with Crippen LogP contribution in [-0.4, -0.2) is 12.9 Å². The van der Waals surface area contributed by atoms with Crippen molar-refractivity contribution >= 4 is 5.90 Å². The van der Waals surface area contributed by atoms with Gasteiger partial charge in [0, 0.05) is 19.4 Å². The molecule has 0 aliphatic rings. The van der Waals surface area contributed by atoms with Crippen molar-refractivity contribution in [2.75, 3.05) is 7.05 Å². The molecule has 2 heteroatoms. The minimum atomic E-state index is 0.353. The third-order valence-electron chi connectivity index (χ3n) is 2.27. The summed E-state index contributed by atoms with van der Waals surface area (Å²) in [5.74, 6) is 2.25. The lowest BCUT2D eigenvalue weighted by Crippen LogP contribution is -2.12. The van der Waals surface area contributed by atoms with Gasteiger partial charge in [-0.25, -0.2) is 0 Å². The van der Waals surface area contributed by atoms with E-state index in [1.807, 2.05) is 0 Å². The van der Waals surface area contributed by atoms with Gasteiger partial charge in [0.15, 0.2) is 5.90 Å². The second-order valence-electron chi connectivity index (χ2n) is 3.73. The molecule has 2 nitrogen and oxygen atoms in total. The van der Waals surface area contributed by atoms with Gasteiger partial charge in [0.1, 0.15) is 5.76 Å². The van der Waals surface area contributed by atoms with Crippen molar-refractivity contribution in [1.82, 2.24) is 0 Å². The van der Waals surface area contributed by atoms with Crippen LogP contribution in [0.4, 0.5) is 0 Å². The SMILES string of the molecule is CC/C(C)=C(/CC)O/C(=N\C)C(C)C. The zero-order valence-corrected chi connectivity index (χ0v) is 10.3. The molecule has 0 saturated carbocycles. The van der Waals surface area contributed by atoms with Gasteiger partial charge in [-0.15, -0.1) is 0 Å². The zero-order valence-electron chi connectivity index (χ0n) is 10.3. The predicted octanol–water partition coefficient (Wildman–Crippen LogP) is 3.78. The standard InChI is InChI=1S/C12H23NO/c1-7-10(5)11(8-2)14-12(13-6)9(3)4/h9H,7-8H2,1-6H3/b11-10-,13-12-. The first-order valence-corrected chi connectivity index (χ1v) is 5.39. The van der Waals surface area contributed by atoms with E-state index in [-0.39, 0.29) is 0 Å². The van der Waals surface area contributed by atoms with Crippen molar-refractivity contribution in [1.29, 1.82) is 0 Å². The molecule has 0 spiro atoms. The highest BCUT2D eigenvalue weighted by atomic mass is 16.5. The molecular formula is C12H23NO. The third kappa shape index (κ3) is 3.95. The molecule has 0 bridgehead atoms. The normalized spacial score (nSPS) is 14.4. The average Bonchev–Trinajstić information content (AvgIpc) is 2.18. The van der Waals surface area contributed by atoms with Gasteiger partial charge >= 0.3 is 0 Å². The van der Waals surface area contributed by atoms with Crippen LogP contribution in [0.2, 0.25) is 0 Å². The monoisotopic (exact) mass is 197 g/mol. The number of hydrogen-bond donors (Lipinski definition) is 0. The molecule has 14 heavy (non-hydrogen) atoms. The Kier molecular flexibility index (Phi) is 6.26. The molecular weight excluding hydrogens is 174 g/mol. The lowest BCUT2D eigenvalue weighted by atomic mass is 10.1. The molecule has 0 atom stereocenters. The van der Waals surface area contributed by atoms with Gasteiger partial charge in [-0.1, -0.05) is 27.7 Å². The summed E-state index contributed by atoms with van der Waals surface area (Å²) in [6.45, 7) is 10.6. The topological polar surface area (TPSA) is 21.6 Å². The third-order valence-corrected chi connectivity index (χ3v) is 2.27. The Hall–Kier alpha value is -0.790. The number of aliphatic imine (C=N–C) groups is 1. The summed E-state index contributed by atoms with van der Waals surface area (Å²) in [6, 6.07) is 0. The molecule has 0 radical (unpaired) electrons. The molecule has 0 aromatic rings. The van der Waals surface area contributed by atoms with Gasteiger partial charge in [-0.2, -0.15) is 0 Å². The smallest absolute Gasteiger partial charge is 0.191 e. The Bertz CT molecular complexity index is 226. The van der Waals surface area contributed by atoms with E-state index in [1.54, 1.807) is 7.05 Å². The molecule has 0 aromatic heterocycles. The van der Waals surface area contributed by atoms with Crippen LogP contribution in [0.5, 0.6) is 0 Å². The van der Waals surface area contributed by atoms with E-state index in [2.05, 4.69) is 39.6 Å². The zero-order chi connectivity index (χ0) is 11.1. The lowest BCUT2D eigenvalue weighted by molar-refractivity contribution is 0.364. The highest BCUT2D eigenvalue weighted by Crippen LogP contribution is 2.15. The van der Waals surface area contributed by atoms with E-state index in [0.717, 1.165) is 24.5 Å². The Morgan fingerprint density at radius 3 is 2.07 bits per heavy atom. The Morgan fingerprint density at radius 2 is 1.79 bits per heavy atom. The van der Waals surface area contributed by atoms with Gasteiger partial charge in [0.2, 0.25) is 0 Å². The maximum atomic E-state index is 5.79. The van der Waals surface area contributed by atoms with Crippen LogP contribution in [0, 0.1) is 5.92 Å². The molecule has 0 amide bonds. The highest BCUT2D eigenvalue weighted by Gasteiger charge is 2.09. The van der Waals surface area contributed by atoms with Crippen molar-refractivity contribution in [3.05, 3.63) is 11.3 Å². The van der Waals surface area contributed by atoms with Crippen molar-refractivity contribution in [2.45, 2.75) is 47.5 Å². The Labute approximate surface area is 88.1 Å². The summed E-state index contributed by atoms with van der Waals surface area (Å²) < 4.78 is 5.79. The van der Waals surface area contributed by atoms with E-state index in [4.69, 9.17) is 4.74 Å². The molecule has 82 valence electrons. The summed E-state index contributed by atoms with van der Waals surface area (Å²) in [6.07, 6.45) is 1.98. The maximum Gasteiger partial charge on any atom is 0.191 e. The largest absolute Gasteiger partial charge is 0.448 e. The van der Waals surface area contributed by atoms with Gasteiger partial charge in [-0.3, -0.25) is 4.99 Å². The van der Waals surface area contributed by atoms with Crippen LogP contribution in [0.3, 0.4) is 0 Å². The van der Waals surface area contributed by atoms with Crippen molar-refractivity contribution < 1.29 is 4.74 Å². The summed E-state index contributed by atoms with van der Waals surface area (Å²) in [5, 5.41) is 0. The number of rotatable bonds is 4. The first-order chi connectivity index (χ1) is 6.56. The Balaban J connectivity index is 4.62. The molecule has 0 unspecified atom stereocenters. The van der Waals surface area contributed by atoms with Crippen LogP contribution in [0.25, 0.3) is 0 Å². The molecule has 0 aliphatic carbocycles. The van der Waals surface area contributed by atoms with Gasteiger partial charge in [0.25, 0.3) is 0 Å². The van der Waals surface area contributed by atoms with Gasteiger partial charge in [-0.05, 0) is 18.9 Å². The molecule has 0 fully saturated rings. The van der Waals surface area contributed by atoms with E-state index >= 15 is 0 Å². The van der Waals surface area contributed by atoms with Gasteiger partial charge < -0.3 is 4.74 Å². The minimum absolute atomic E-state index is 0.353. The molecule has 0 aliphatic heterocycles. The van der Waals surface area contributed by atoms with Crippen LogP contribution in [0.1, 0.15) is 47.5 Å². The predicted molar refractivity (Wildman–Crippen MR) is 62.6 cm³/mol. The van der Waals surface area contributed by atoms with Crippen LogP contribution in [-0.2, 0) is 4.74 Å². The lowest BCUT2D eigenvalue weighted by Gasteiger charge is -2.15. The summed E-state index contributed by atoms with van der Waals surface area (Å²) in [5.41, 5.74) is 1.31. The van der Waals surface area contributed by atoms with Crippen LogP contribution < -0.4 is 0 Å². The fourth-order valence-corrected chi connectivity index (χ4v) is 1.21. The maximum absolute atomic E-state index is 5.79. The molecule has 0 saturated heterocycles. The summed E-state index contributed by atoms with van der Waals surface area (Å²) in [7, 11) is 1.78. The number of nitrogens with zero attached hydrogens (tertiary/aromatic N) is 1. The van der Waals surface area contributed by atoms with E-state index in [0.29, 0.717) is 5.92 Å². The summed E-state index contributed by atoms with van der Waals surface area (Å²) in [4.78, 5) is 4.15. The molecule has 0 N–H and O–H groups in total. The van der Waals surface area contributed by atoms with Crippen LogP contribution >= 0.6 is 0 Å². The molecule has 0 rings (SSSR count). The van der Waals surface area contributed by atoms with E-state index < -0.39 is 0 Å². The first-order valence-electron chi connectivity index (χ1n) is 5.39. The van der Waals surface area contributed by atoms with Crippen molar-refractivity contribution in [3.8, 4) is 0 Å². The second kappa shape index (κ2) is 6.63. The first kappa shape index (κ1) is 13.2. The van der Waals surface area contributed by atoms with Crippen LogP contribution in [0.15, 0.2) is 16.3 Å². The Morgan fingerprint density at radius 1 is 1.21 bits per heavy atom. The summed E-state index contributed by atoms with van der Waals surface area (Å²) >= 11 is 0. The van der Waals surface area contributed by atoms with Gasteiger partial charge in [0.05, 0.1) is 0 Å².